The third-order valence-corrected chi connectivity index (χ3v) is 6.99. The fourth-order valence-electron chi connectivity index (χ4n) is 4.95. The SMILES string of the molecule is COc1ncc(-c2nc3c(n2C(C)C)[C@H](c2ccc(Cl)cc2)N(c2cc(Cl)cn4cnnc24)C3=O)c(OC)n1. The van der Waals surface area contributed by atoms with Gasteiger partial charge in [0.1, 0.15) is 18.2 Å². The van der Waals surface area contributed by atoms with Crippen LogP contribution >= 0.6 is 23.2 Å². The minimum Gasteiger partial charge on any atom is -0.480 e. The van der Waals surface area contributed by atoms with Crippen LogP contribution in [0.1, 0.15) is 47.7 Å². The van der Waals surface area contributed by atoms with Gasteiger partial charge in [-0.25, -0.2) is 9.97 Å². The molecule has 0 saturated heterocycles. The first-order valence-corrected chi connectivity index (χ1v) is 12.7. The van der Waals surface area contributed by atoms with Gasteiger partial charge in [0, 0.05) is 23.5 Å². The molecule has 5 aromatic rings. The fourth-order valence-corrected chi connectivity index (χ4v) is 5.29. The predicted octanol–water partition coefficient (Wildman–Crippen LogP) is 5.04. The second kappa shape index (κ2) is 9.51. The summed E-state index contributed by atoms with van der Waals surface area (Å²) in [7, 11) is 2.98. The zero-order valence-corrected chi connectivity index (χ0v) is 22.8. The molecule has 0 fully saturated rings. The number of imidazole rings is 1. The summed E-state index contributed by atoms with van der Waals surface area (Å²) in [5, 5.41) is 9.28. The zero-order valence-electron chi connectivity index (χ0n) is 21.3. The summed E-state index contributed by atoms with van der Waals surface area (Å²) in [5.74, 6) is 0.464. The number of pyridine rings is 1. The van der Waals surface area contributed by atoms with E-state index >= 15 is 0 Å². The normalized spacial score (nSPS) is 14.9. The van der Waals surface area contributed by atoms with Gasteiger partial charge in [-0.1, -0.05) is 35.3 Å². The molecule has 11 nitrogen and oxygen atoms in total. The van der Waals surface area contributed by atoms with Crippen LogP contribution < -0.4 is 14.4 Å². The lowest BCUT2D eigenvalue weighted by atomic mass is 10.0. The van der Waals surface area contributed by atoms with Crippen molar-refractivity contribution in [1.29, 1.82) is 0 Å². The van der Waals surface area contributed by atoms with Crippen molar-refractivity contribution in [2.75, 3.05) is 19.1 Å². The summed E-state index contributed by atoms with van der Waals surface area (Å²) >= 11 is 12.7. The molecular formula is C26H22Cl2N8O3. The zero-order chi connectivity index (χ0) is 27.4. The van der Waals surface area contributed by atoms with E-state index in [9.17, 15) is 4.79 Å². The average Bonchev–Trinajstić information content (AvgIpc) is 3.62. The van der Waals surface area contributed by atoms with Gasteiger partial charge in [0.2, 0.25) is 5.88 Å². The van der Waals surface area contributed by atoms with E-state index < -0.39 is 6.04 Å². The Kier molecular flexibility index (Phi) is 6.12. The van der Waals surface area contributed by atoms with Crippen molar-refractivity contribution in [2.45, 2.75) is 25.9 Å². The first-order chi connectivity index (χ1) is 18.8. The topological polar surface area (TPSA) is 113 Å². The van der Waals surface area contributed by atoms with Gasteiger partial charge in [-0.3, -0.25) is 14.1 Å². The number of benzene rings is 1. The first kappa shape index (κ1) is 25.1. The van der Waals surface area contributed by atoms with E-state index in [2.05, 4.69) is 20.2 Å². The van der Waals surface area contributed by atoms with Gasteiger partial charge >= 0.3 is 6.01 Å². The highest BCUT2D eigenvalue weighted by atomic mass is 35.5. The number of anilines is 1. The summed E-state index contributed by atoms with van der Waals surface area (Å²) in [6.45, 7) is 4.04. The number of hydrogen-bond donors (Lipinski definition) is 0. The molecule has 0 bridgehead atoms. The second-order valence-electron chi connectivity index (χ2n) is 9.15. The first-order valence-electron chi connectivity index (χ1n) is 12.0. The highest BCUT2D eigenvalue weighted by molar-refractivity contribution is 6.31. The third kappa shape index (κ3) is 3.96. The van der Waals surface area contributed by atoms with Gasteiger partial charge in [0.05, 0.1) is 36.2 Å². The van der Waals surface area contributed by atoms with Gasteiger partial charge in [0.25, 0.3) is 5.91 Å². The Morgan fingerprint density at radius 2 is 1.79 bits per heavy atom. The summed E-state index contributed by atoms with van der Waals surface area (Å²) in [5.41, 5.74) is 3.33. The van der Waals surface area contributed by atoms with E-state index in [1.807, 2.05) is 30.5 Å². The Hall–Kier alpha value is -4.22. The Morgan fingerprint density at radius 3 is 2.49 bits per heavy atom. The van der Waals surface area contributed by atoms with Crippen molar-refractivity contribution in [3.8, 4) is 23.3 Å². The van der Waals surface area contributed by atoms with Crippen molar-refractivity contribution in [2.24, 2.45) is 0 Å². The molecule has 1 aliphatic rings. The number of nitrogens with zero attached hydrogens (tertiary/aromatic N) is 8. The number of hydrogen-bond acceptors (Lipinski definition) is 8. The van der Waals surface area contributed by atoms with E-state index in [-0.39, 0.29) is 29.5 Å². The molecule has 198 valence electrons. The maximum absolute atomic E-state index is 14.2. The van der Waals surface area contributed by atoms with Crippen molar-refractivity contribution in [3.63, 3.8) is 0 Å². The van der Waals surface area contributed by atoms with Gasteiger partial charge < -0.3 is 14.0 Å². The number of aromatic nitrogens is 7. The van der Waals surface area contributed by atoms with E-state index in [1.54, 1.807) is 39.9 Å². The molecule has 0 saturated carbocycles. The van der Waals surface area contributed by atoms with Crippen LogP contribution in [0.4, 0.5) is 5.69 Å². The van der Waals surface area contributed by atoms with Crippen molar-refractivity contribution >= 4 is 40.4 Å². The fraction of sp³-hybridized carbons (Fsp3) is 0.231. The molecule has 39 heavy (non-hydrogen) atoms. The molecule has 0 unspecified atom stereocenters. The van der Waals surface area contributed by atoms with Gasteiger partial charge in [-0.05, 0) is 37.6 Å². The Balaban J connectivity index is 1.63. The molecule has 0 aliphatic carbocycles. The molecule has 5 heterocycles. The van der Waals surface area contributed by atoms with Crippen LogP contribution in [0.3, 0.4) is 0 Å². The quantitative estimate of drug-likeness (QED) is 0.282. The number of halogens is 2. The van der Waals surface area contributed by atoms with Gasteiger partial charge in [-0.2, -0.15) is 4.98 Å². The lowest BCUT2D eigenvalue weighted by Crippen LogP contribution is -2.31. The number of carbonyl (C=O) groups excluding carboxylic acids is 1. The van der Waals surface area contributed by atoms with Crippen molar-refractivity contribution in [3.05, 3.63) is 76.0 Å². The Bertz CT molecular complexity index is 1730. The van der Waals surface area contributed by atoms with Crippen LogP contribution in [-0.4, -0.2) is 54.2 Å². The van der Waals surface area contributed by atoms with E-state index in [0.29, 0.717) is 38.5 Å². The van der Waals surface area contributed by atoms with Crippen LogP contribution in [0.15, 0.2) is 49.1 Å². The maximum atomic E-state index is 14.2. The maximum Gasteiger partial charge on any atom is 0.319 e. The third-order valence-electron chi connectivity index (χ3n) is 6.54. The van der Waals surface area contributed by atoms with Crippen LogP contribution in [0.2, 0.25) is 10.0 Å². The largest absolute Gasteiger partial charge is 0.480 e. The van der Waals surface area contributed by atoms with E-state index in [4.69, 9.17) is 37.7 Å². The van der Waals surface area contributed by atoms with E-state index in [0.717, 1.165) is 5.56 Å². The molecule has 0 radical (unpaired) electrons. The predicted molar refractivity (Wildman–Crippen MR) is 145 cm³/mol. The minimum atomic E-state index is -0.572. The van der Waals surface area contributed by atoms with Crippen LogP contribution in [0, 0.1) is 0 Å². The van der Waals surface area contributed by atoms with Crippen LogP contribution in [0.25, 0.3) is 17.0 Å². The smallest absolute Gasteiger partial charge is 0.319 e. The molecule has 1 atom stereocenters. The number of methoxy groups -OCH3 is 2. The molecule has 6 rings (SSSR count). The number of amides is 1. The average molecular weight is 565 g/mol. The molecule has 1 amide bonds. The minimum absolute atomic E-state index is 0.0990. The molecule has 0 spiro atoms. The number of fused-ring (bicyclic) bond motifs is 2. The lowest BCUT2D eigenvalue weighted by molar-refractivity contribution is 0.0989. The highest BCUT2D eigenvalue weighted by Gasteiger charge is 2.46. The summed E-state index contributed by atoms with van der Waals surface area (Å²) in [6, 6.07) is 8.56. The summed E-state index contributed by atoms with van der Waals surface area (Å²) < 4.78 is 14.4. The van der Waals surface area contributed by atoms with E-state index in [1.165, 1.54) is 20.5 Å². The summed E-state index contributed by atoms with van der Waals surface area (Å²) in [6.07, 6.45) is 4.81. The molecule has 0 N–H and O–H groups in total. The second-order valence-corrected chi connectivity index (χ2v) is 10.0. The van der Waals surface area contributed by atoms with Crippen LogP contribution in [-0.2, 0) is 0 Å². The monoisotopic (exact) mass is 564 g/mol. The van der Waals surface area contributed by atoms with Crippen LogP contribution in [0.5, 0.6) is 11.9 Å². The number of rotatable bonds is 6. The summed E-state index contributed by atoms with van der Waals surface area (Å²) in [4.78, 5) is 29.3. The highest BCUT2D eigenvalue weighted by Crippen LogP contribution is 2.46. The van der Waals surface area contributed by atoms with Gasteiger partial charge in [0.15, 0.2) is 11.3 Å². The molecule has 13 heteroatoms. The molecule has 1 aliphatic heterocycles. The molecule has 4 aromatic heterocycles. The molecule has 1 aromatic carbocycles. The number of carbonyl (C=O) groups is 1. The Labute approximate surface area is 233 Å². The van der Waals surface area contributed by atoms with Crippen molar-refractivity contribution < 1.29 is 14.3 Å². The lowest BCUT2D eigenvalue weighted by Gasteiger charge is -2.28. The molecular weight excluding hydrogens is 543 g/mol. The standard InChI is InChI=1S/C26H22Cl2N8O3/c1-13(2)35-21-19(31-22(35)17-10-29-26(39-4)32-24(17)38-3)25(37)36(20(21)14-5-7-15(27)8-6-14)18-9-16(28)11-34-12-30-33-23(18)34/h5-13,20H,1-4H3/t20-/m0/s1. The van der Waals surface area contributed by atoms with Crippen molar-refractivity contribution in [1.82, 2.24) is 34.1 Å². The Morgan fingerprint density at radius 1 is 1.03 bits per heavy atom. The van der Waals surface area contributed by atoms with Gasteiger partial charge in [-0.15, -0.1) is 10.2 Å². The number of ether oxygens (including phenoxy) is 2.